The number of pyridine rings is 1. The van der Waals surface area contributed by atoms with Gasteiger partial charge in [-0.05, 0) is 38.0 Å². The van der Waals surface area contributed by atoms with E-state index < -0.39 is 11.4 Å². The van der Waals surface area contributed by atoms with Crippen LogP contribution in [0.1, 0.15) is 31.6 Å². The number of aliphatic imine (C=N–C) groups is 1. The molecule has 3 heterocycles. The summed E-state index contributed by atoms with van der Waals surface area (Å²) in [6, 6.07) is 8.02. The minimum atomic E-state index is -0.559. The number of nitrogens with one attached hydrogen (secondary N) is 2. The third-order valence-electron chi connectivity index (χ3n) is 5.50. The first-order valence-corrected chi connectivity index (χ1v) is 11.4. The van der Waals surface area contributed by atoms with Gasteiger partial charge in [-0.3, -0.25) is 9.98 Å². The van der Waals surface area contributed by atoms with Crippen LogP contribution in [-0.4, -0.2) is 23.3 Å². The van der Waals surface area contributed by atoms with Crippen molar-refractivity contribution in [2.75, 3.05) is 5.32 Å². The van der Waals surface area contributed by atoms with Crippen molar-refractivity contribution < 1.29 is 13.9 Å². The van der Waals surface area contributed by atoms with Gasteiger partial charge >= 0.3 is 6.03 Å². The number of aromatic nitrogens is 1. The topological polar surface area (TPSA) is 75.6 Å². The van der Waals surface area contributed by atoms with E-state index in [1.807, 2.05) is 12.3 Å². The Morgan fingerprint density at radius 1 is 1.25 bits per heavy atom. The van der Waals surface area contributed by atoms with Gasteiger partial charge in [0.2, 0.25) is 0 Å². The third-order valence-corrected chi connectivity index (χ3v) is 6.86. The Morgan fingerprint density at radius 3 is 2.81 bits per heavy atom. The summed E-state index contributed by atoms with van der Waals surface area (Å²) in [4.78, 5) is 22.1. The molecule has 2 atom stereocenters. The lowest BCUT2D eigenvalue weighted by atomic mass is 9.95. The SMILES string of the molecule is CC1C=CC(C)(c2cc3nccc(Oc4ccc(NC(=O)NC5CC5)cc4F)c3s2)N=C1. The molecule has 8 heteroatoms. The first-order chi connectivity index (χ1) is 15.4. The van der Waals surface area contributed by atoms with Gasteiger partial charge in [0.15, 0.2) is 11.6 Å². The highest BCUT2D eigenvalue weighted by Gasteiger charge is 2.28. The normalized spacial score (nSPS) is 22.2. The van der Waals surface area contributed by atoms with Crippen LogP contribution >= 0.6 is 11.3 Å². The maximum Gasteiger partial charge on any atom is 0.319 e. The monoisotopic (exact) mass is 450 g/mol. The molecule has 2 aliphatic rings. The fourth-order valence-corrected chi connectivity index (χ4v) is 4.60. The van der Waals surface area contributed by atoms with Crippen LogP contribution in [0.2, 0.25) is 0 Å². The van der Waals surface area contributed by atoms with Crippen LogP contribution in [0.5, 0.6) is 11.5 Å². The molecule has 1 saturated carbocycles. The number of urea groups is 1. The van der Waals surface area contributed by atoms with Crippen LogP contribution in [-0.2, 0) is 5.54 Å². The van der Waals surface area contributed by atoms with Crippen LogP contribution in [0.25, 0.3) is 10.2 Å². The summed E-state index contributed by atoms with van der Waals surface area (Å²) < 4.78 is 21.5. The van der Waals surface area contributed by atoms with Crippen molar-refractivity contribution in [1.82, 2.24) is 10.3 Å². The zero-order chi connectivity index (χ0) is 22.3. The average molecular weight is 451 g/mol. The van der Waals surface area contributed by atoms with Crippen molar-refractivity contribution in [2.45, 2.75) is 38.3 Å². The minimum Gasteiger partial charge on any atom is -0.453 e. The predicted octanol–water partition coefficient (Wildman–Crippen LogP) is 6.00. The van der Waals surface area contributed by atoms with E-state index in [0.29, 0.717) is 17.4 Å². The molecule has 2 amide bonds. The first kappa shape index (κ1) is 20.6. The minimum absolute atomic E-state index is 0.0798. The van der Waals surface area contributed by atoms with Gasteiger partial charge in [0, 0.05) is 47.1 Å². The fraction of sp³-hybridized carbons (Fsp3) is 0.292. The lowest BCUT2D eigenvalue weighted by molar-refractivity contribution is 0.251. The Kier molecular flexibility index (Phi) is 5.17. The van der Waals surface area contributed by atoms with Crippen molar-refractivity contribution in [3.05, 3.63) is 59.4 Å². The molecule has 1 aliphatic carbocycles. The van der Waals surface area contributed by atoms with Crippen LogP contribution in [0.4, 0.5) is 14.9 Å². The van der Waals surface area contributed by atoms with Crippen molar-refractivity contribution >= 4 is 39.5 Å². The molecule has 164 valence electrons. The summed E-state index contributed by atoms with van der Waals surface area (Å²) >= 11 is 1.54. The van der Waals surface area contributed by atoms with Gasteiger partial charge in [0.1, 0.15) is 11.3 Å². The van der Waals surface area contributed by atoms with Gasteiger partial charge in [-0.2, -0.15) is 0 Å². The highest BCUT2D eigenvalue weighted by molar-refractivity contribution is 7.19. The molecule has 6 nitrogen and oxygen atoms in total. The second kappa shape index (κ2) is 8.02. The Labute approximate surface area is 189 Å². The van der Waals surface area contributed by atoms with Gasteiger partial charge in [-0.1, -0.05) is 19.1 Å². The standard InChI is InChI=1S/C24H23FN4O2S/c1-14-7-9-24(2,27-13-14)21-12-18-22(32-21)20(8-10-26-18)31-19-6-5-16(11-17(19)25)29-23(30)28-15-3-4-15/h5-15H,3-4H2,1-2H3,(H2,28,29,30). The molecule has 5 rings (SSSR count). The zero-order valence-corrected chi connectivity index (χ0v) is 18.6. The molecule has 2 unspecified atom stereocenters. The molecule has 1 fully saturated rings. The number of dihydropyridines is 1. The summed E-state index contributed by atoms with van der Waals surface area (Å²) in [6.07, 6.45) is 9.81. The summed E-state index contributed by atoms with van der Waals surface area (Å²) in [6.45, 7) is 4.15. The van der Waals surface area contributed by atoms with E-state index >= 15 is 0 Å². The molecule has 0 spiro atoms. The Bertz CT molecular complexity index is 1230. The van der Waals surface area contributed by atoms with Crippen LogP contribution in [0, 0.1) is 11.7 Å². The number of rotatable bonds is 5. The fourth-order valence-electron chi connectivity index (χ4n) is 3.45. The first-order valence-electron chi connectivity index (χ1n) is 10.6. The number of hydrogen-bond acceptors (Lipinski definition) is 5. The summed E-state index contributed by atoms with van der Waals surface area (Å²) in [5.41, 5.74) is 0.700. The van der Waals surface area contributed by atoms with E-state index in [1.54, 1.807) is 18.3 Å². The molecule has 0 radical (unpaired) electrons. The Balaban J connectivity index is 1.38. The predicted molar refractivity (Wildman–Crippen MR) is 125 cm³/mol. The smallest absolute Gasteiger partial charge is 0.319 e. The molecular weight excluding hydrogens is 427 g/mol. The Hall–Kier alpha value is -3.26. The number of ether oxygens (including phenoxy) is 1. The molecule has 1 aliphatic heterocycles. The number of thiophene rings is 1. The number of fused-ring (bicyclic) bond motifs is 1. The number of nitrogens with zero attached hydrogens (tertiary/aromatic N) is 2. The summed E-state index contributed by atoms with van der Waals surface area (Å²) in [5, 5.41) is 5.46. The van der Waals surface area contributed by atoms with Crippen molar-refractivity contribution in [1.29, 1.82) is 0 Å². The summed E-state index contributed by atoms with van der Waals surface area (Å²) in [7, 11) is 0. The highest BCUT2D eigenvalue weighted by Crippen LogP contribution is 2.42. The molecule has 32 heavy (non-hydrogen) atoms. The number of benzene rings is 1. The van der Waals surface area contributed by atoms with E-state index in [2.05, 4.69) is 41.6 Å². The van der Waals surface area contributed by atoms with E-state index in [0.717, 1.165) is 27.9 Å². The average Bonchev–Trinajstić information content (AvgIpc) is 3.45. The van der Waals surface area contributed by atoms with Gasteiger partial charge < -0.3 is 15.4 Å². The van der Waals surface area contributed by atoms with E-state index in [1.165, 1.54) is 23.5 Å². The number of carbonyl (C=O) groups is 1. The van der Waals surface area contributed by atoms with E-state index in [9.17, 15) is 9.18 Å². The number of amides is 2. The molecule has 0 bridgehead atoms. The molecule has 2 aromatic heterocycles. The maximum absolute atomic E-state index is 14.7. The van der Waals surface area contributed by atoms with E-state index in [-0.39, 0.29) is 17.8 Å². The van der Waals surface area contributed by atoms with Crippen molar-refractivity contribution in [3.63, 3.8) is 0 Å². The van der Waals surface area contributed by atoms with Gasteiger partial charge in [0.25, 0.3) is 0 Å². The maximum atomic E-state index is 14.7. The number of allylic oxidation sites excluding steroid dienone is 1. The molecule has 1 aromatic carbocycles. The molecular formula is C24H23FN4O2S. The molecule has 0 saturated heterocycles. The van der Waals surface area contributed by atoms with Crippen molar-refractivity contribution in [2.24, 2.45) is 10.9 Å². The van der Waals surface area contributed by atoms with Gasteiger partial charge in [-0.25, -0.2) is 9.18 Å². The van der Waals surface area contributed by atoms with Crippen LogP contribution in [0.3, 0.4) is 0 Å². The Morgan fingerprint density at radius 2 is 2.09 bits per heavy atom. The largest absolute Gasteiger partial charge is 0.453 e. The van der Waals surface area contributed by atoms with Gasteiger partial charge in [-0.15, -0.1) is 11.3 Å². The second-order valence-corrected chi connectivity index (χ2v) is 9.45. The van der Waals surface area contributed by atoms with Gasteiger partial charge in [0.05, 0.1) is 10.2 Å². The number of anilines is 1. The van der Waals surface area contributed by atoms with Crippen LogP contribution in [0.15, 0.2) is 53.7 Å². The molecule has 3 aromatic rings. The zero-order valence-electron chi connectivity index (χ0n) is 17.8. The lowest BCUT2D eigenvalue weighted by Crippen LogP contribution is -2.30. The van der Waals surface area contributed by atoms with Crippen LogP contribution < -0.4 is 15.4 Å². The molecule has 2 N–H and O–H groups in total. The van der Waals surface area contributed by atoms with Crippen molar-refractivity contribution in [3.8, 4) is 11.5 Å². The van der Waals surface area contributed by atoms with E-state index in [4.69, 9.17) is 9.73 Å². The number of carbonyl (C=O) groups excluding carboxylic acids is 1. The third kappa shape index (κ3) is 4.23. The second-order valence-electron chi connectivity index (χ2n) is 8.40. The quantitative estimate of drug-likeness (QED) is 0.468. The number of halogens is 1. The number of hydrogen-bond donors (Lipinski definition) is 2. The summed E-state index contributed by atoms with van der Waals surface area (Å²) in [5.74, 6) is 0.362. The highest BCUT2D eigenvalue weighted by atomic mass is 32.1. The lowest BCUT2D eigenvalue weighted by Gasteiger charge is -2.23.